The lowest BCUT2D eigenvalue weighted by Gasteiger charge is -2.35. The van der Waals surface area contributed by atoms with Gasteiger partial charge in [0.2, 0.25) is 5.91 Å². The second-order valence-electron chi connectivity index (χ2n) is 4.53. The lowest BCUT2D eigenvalue weighted by atomic mass is 10.1. The number of nitrogen functional groups attached to an aromatic ring is 1. The third kappa shape index (κ3) is 2.52. The Kier molecular flexibility index (Phi) is 3.22. The molecule has 1 aliphatic rings. The average molecular weight is 233 g/mol. The molecule has 1 aliphatic heterocycles. The van der Waals surface area contributed by atoms with E-state index in [1.807, 2.05) is 24.0 Å². The predicted octanol–water partition coefficient (Wildman–Crippen LogP) is 1.25. The van der Waals surface area contributed by atoms with Crippen LogP contribution >= 0.6 is 0 Å². The van der Waals surface area contributed by atoms with Crippen molar-refractivity contribution >= 4 is 17.3 Å². The molecule has 1 fully saturated rings. The van der Waals surface area contributed by atoms with Crippen molar-refractivity contribution in [3.8, 4) is 0 Å². The number of piperazine rings is 1. The lowest BCUT2D eigenvalue weighted by Crippen LogP contribution is -2.48. The Hall–Kier alpha value is -1.71. The number of hydrogen-bond donors (Lipinski definition) is 1. The number of amides is 1. The summed E-state index contributed by atoms with van der Waals surface area (Å²) in [5, 5.41) is 0. The second kappa shape index (κ2) is 4.65. The van der Waals surface area contributed by atoms with E-state index in [0.29, 0.717) is 0 Å². The lowest BCUT2D eigenvalue weighted by molar-refractivity contribution is -0.129. The summed E-state index contributed by atoms with van der Waals surface area (Å²) in [4.78, 5) is 15.4. The number of nitrogens with zero attached hydrogens (tertiary/aromatic N) is 2. The van der Waals surface area contributed by atoms with Gasteiger partial charge in [0.25, 0.3) is 0 Å². The predicted molar refractivity (Wildman–Crippen MR) is 70.1 cm³/mol. The van der Waals surface area contributed by atoms with Gasteiger partial charge in [-0.2, -0.15) is 0 Å². The van der Waals surface area contributed by atoms with Gasteiger partial charge in [0.05, 0.1) is 0 Å². The number of anilines is 2. The van der Waals surface area contributed by atoms with Crippen molar-refractivity contribution in [2.45, 2.75) is 13.8 Å². The van der Waals surface area contributed by atoms with Gasteiger partial charge in [-0.25, -0.2) is 0 Å². The van der Waals surface area contributed by atoms with Gasteiger partial charge in [0, 0.05) is 44.5 Å². The largest absolute Gasteiger partial charge is 0.398 e. The molecule has 0 aromatic heterocycles. The van der Waals surface area contributed by atoms with Crippen LogP contribution in [-0.2, 0) is 4.79 Å². The topological polar surface area (TPSA) is 49.6 Å². The van der Waals surface area contributed by atoms with Crippen molar-refractivity contribution in [2.75, 3.05) is 36.8 Å². The van der Waals surface area contributed by atoms with Crippen LogP contribution in [0.1, 0.15) is 12.5 Å². The SMILES string of the molecule is CC(=O)N1CCN(c2ccc(C)c(N)c2)CC1. The van der Waals surface area contributed by atoms with Crippen molar-refractivity contribution in [1.82, 2.24) is 4.90 Å². The van der Waals surface area contributed by atoms with Gasteiger partial charge in [0.1, 0.15) is 0 Å². The van der Waals surface area contributed by atoms with E-state index in [-0.39, 0.29) is 5.91 Å². The first-order valence-electron chi connectivity index (χ1n) is 5.94. The Morgan fingerprint density at radius 2 is 1.88 bits per heavy atom. The normalized spacial score (nSPS) is 16.1. The van der Waals surface area contributed by atoms with E-state index in [2.05, 4.69) is 11.0 Å². The molecule has 0 bridgehead atoms. The van der Waals surface area contributed by atoms with E-state index in [0.717, 1.165) is 43.1 Å². The molecule has 4 nitrogen and oxygen atoms in total. The molecule has 0 spiro atoms. The van der Waals surface area contributed by atoms with Gasteiger partial charge in [-0.1, -0.05) is 6.07 Å². The number of nitrogens with two attached hydrogens (primary N) is 1. The molecule has 1 heterocycles. The Bertz CT molecular complexity index is 423. The van der Waals surface area contributed by atoms with Crippen LogP contribution in [0.2, 0.25) is 0 Å². The smallest absolute Gasteiger partial charge is 0.219 e. The minimum absolute atomic E-state index is 0.160. The molecule has 17 heavy (non-hydrogen) atoms. The van der Waals surface area contributed by atoms with Crippen molar-refractivity contribution in [3.63, 3.8) is 0 Å². The molecule has 1 aromatic carbocycles. The zero-order valence-corrected chi connectivity index (χ0v) is 10.4. The van der Waals surface area contributed by atoms with Crippen LogP contribution in [0, 0.1) is 6.92 Å². The Morgan fingerprint density at radius 1 is 1.24 bits per heavy atom. The van der Waals surface area contributed by atoms with Crippen LogP contribution < -0.4 is 10.6 Å². The van der Waals surface area contributed by atoms with Gasteiger partial charge in [-0.05, 0) is 24.6 Å². The van der Waals surface area contributed by atoms with E-state index in [1.54, 1.807) is 6.92 Å². The molecule has 1 amide bonds. The highest BCUT2D eigenvalue weighted by Crippen LogP contribution is 2.22. The number of carbonyl (C=O) groups is 1. The number of aryl methyl sites for hydroxylation is 1. The first kappa shape index (κ1) is 11.8. The average Bonchev–Trinajstić information content (AvgIpc) is 2.33. The summed E-state index contributed by atoms with van der Waals surface area (Å²) in [6.45, 7) is 6.97. The van der Waals surface area contributed by atoms with Crippen molar-refractivity contribution in [3.05, 3.63) is 23.8 Å². The minimum Gasteiger partial charge on any atom is -0.398 e. The number of carbonyl (C=O) groups excluding carboxylic acids is 1. The highest BCUT2D eigenvalue weighted by atomic mass is 16.2. The maximum Gasteiger partial charge on any atom is 0.219 e. The molecule has 0 unspecified atom stereocenters. The molecule has 1 aromatic rings. The van der Waals surface area contributed by atoms with Crippen molar-refractivity contribution in [2.24, 2.45) is 0 Å². The molecule has 2 N–H and O–H groups in total. The van der Waals surface area contributed by atoms with Crippen LogP contribution in [-0.4, -0.2) is 37.0 Å². The molecule has 1 saturated heterocycles. The molecule has 0 radical (unpaired) electrons. The Labute approximate surface area is 102 Å². The zero-order chi connectivity index (χ0) is 12.4. The van der Waals surface area contributed by atoms with E-state index in [1.165, 1.54) is 0 Å². The Balaban J connectivity index is 2.05. The highest BCUT2D eigenvalue weighted by Gasteiger charge is 2.18. The molecule has 0 saturated carbocycles. The summed E-state index contributed by atoms with van der Waals surface area (Å²) in [7, 11) is 0. The highest BCUT2D eigenvalue weighted by molar-refractivity contribution is 5.73. The molecule has 92 valence electrons. The number of rotatable bonds is 1. The molecule has 4 heteroatoms. The van der Waals surface area contributed by atoms with Gasteiger partial charge in [-0.15, -0.1) is 0 Å². The quantitative estimate of drug-likeness (QED) is 0.743. The van der Waals surface area contributed by atoms with Crippen LogP contribution in [0.25, 0.3) is 0 Å². The van der Waals surface area contributed by atoms with E-state index >= 15 is 0 Å². The fourth-order valence-electron chi connectivity index (χ4n) is 2.10. The van der Waals surface area contributed by atoms with E-state index in [9.17, 15) is 4.79 Å². The van der Waals surface area contributed by atoms with Gasteiger partial charge in [-0.3, -0.25) is 4.79 Å². The van der Waals surface area contributed by atoms with Gasteiger partial charge < -0.3 is 15.5 Å². The molecular weight excluding hydrogens is 214 g/mol. The second-order valence-corrected chi connectivity index (χ2v) is 4.53. The van der Waals surface area contributed by atoms with Crippen molar-refractivity contribution < 1.29 is 4.79 Å². The van der Waals surface area contributed by atoms with Crippen LogP contribution in [0.3, 0.4) is 0 Å². The van der Waals surface area contributed by atoms with Crippen LogP contribution in [0.4, 0.5) is 11.4 Å². The fourth-order valence-corrected chi connectivity index (χ4v) is 2.10. The standard InChI is InChI=1S/C13H19N3O/c1-10-3-4-12(9-13(10)14)16-7-5-15(6-8-16)11(2)17/h3-4,9H,5-8,14H2,1-2H3. The molecule has 2 rings (SSSR count). The monoisotopic (exact) mass is 233 g/mol. The summed E-state index contributed by atoms with van der Waals surface area (Å²) in [6.07, 6.45) is 0. The van der Waals surface area contributed by atoms with Gasteiger partial charge >= 0.3 is 0 Å². The number of hydrogen-bond acceptors (Lipinski definition) is 3. The Morgan fingerprint density at radius 3 is 2.41 bits per heavy atom. The summed E-state index contributed by atoms with van der Waals surface area (Å²) >= 11 is 0. The first-order chi connectivity index (χ1) is 8.08. The van der Waals surface area contributed by atoms with E-state index < -0.39 is 0 Å². The molecular formula is C13H19N3O. The summed E-state index contributed by atoms with van der Waals surface area (Å²) in [5.74, 6) is 0.160. The summed E-state index contributed by atoms with van der Waals surface area (Å²) < 4.78 is 0. The number of benzene rings is 1. The van der Waals surface area contributed by atoms with Crippen LogP contribution in [0.15, 0.2) is 18.2 Å². The van der Waals surface area contributed by atoms with Gasteiger partial charge in [0.15, 0.2) is 0 Å². The van der Waals surface area contributed by atoms with Crippen LogP contribution in [0.5, 0.6) is 0 Å². The third-order valence-electron chi connectivity index (χ3n) is 3.35. The summed E-state index contributed by atoms with van der Waals surface area (Å²) in [5.41, 5.74) is 9.00. The van der Waals surface area contributed by atoms with Crippen molar-refractivity contribution in [1.29, 1.82) is 0 Å². The molecule has 0 atom stereocenters. The fraction of sp³-hybridized carbons (Fsp3) is 0.462. The first-order valence-corrected chi connectivity index (χ1v) is 5.94. The maximum absolute atomic E-state index is 11.2. The third-order valence-corrected chi connectivity index (χ3v) is 3.35. The minimum atomic E-state index is 0.160. The summed E-state index contributed by atoms with van der Waals surface area (Å²) in [6, 6.07) is 6.15. The maximum atomic E-state index is 11.2. The zero-order valence-electron chi connectivity index (χ0n) is 10.4. The molecule has 0 aliphatic carbocycles. The van der Waals surface area contributed by atoms with E-state index in [4.69, 9.17) is 5.73 Å².